The zero-order valence-corrected chi connectivity index (χ0v) is 18.9. The monoisotopic (exact) mass is 438 g/mol. The maximum Gasteiger partial charge on any atom is 0.226 e. The smallest absolute Gasteiger partial charge is 0.226 e. The number of amides is 1. The standard InChI is InChI=1S/C24H30N4O2S/c1-18-7-5-13-28(16-18)17-20-9-3-2-8-19(20)15-25-22(29)11-4-12-23-26-24(27-30-23)21-10-6-14-31-21/h2-3,6,8-10,14,18H,4-5,7,11-13,15-17H2,1H3,(H,25,29). The predicted molar refractivity (Wildman–Crippen MR) is 123 cm³/mol. The fourth-order valence-corrected chi connectivity index (χ4v) is 4.75. The van der Waals surface area contributed by atoms with E-state index >= 15 is 0 Å². The molecule has 1 fully saturated rings. The van der Waals surface area contributed by atoms with Gasteiger partial charge in [0.2, 0.25) is 17.6 Å². The summed E-state index contributed by atoms with van der Waals surface area (Å²) in [6.45, 7) is 6.18. The van der Waals surface area contributed by atoms with Crippen molar-refractivity contribution < 1.29 is 9.32 Å². The van der Waals surface area contributed by atoms with Crippen molar-refractivity contribution in [2.75, 3.05) is 13.1 Å². The first-order chi connectivity index (χ1) is 15.2. The molecular formula is C24H30N4O2S. The largest absolute Gasteiger partial charge is 0.352 e. The Balaban J connectivity index is 1.22. The van der Waals surface area contributed by atoms with Crippen LogP contribution in [0.25, 0.3) is 10.7 Å². The lowest BCUT2D eigenvalue weighted by Gasteiger charge is -2.31. The van der Waals surface area contributed by atoms with Gasteiger partial charge in [0, 0.05) is 32.5 Å². The number of aromatic nitrogens is 2. The SMILES string of the molecule is CC1CCCN(Cc2ccccc2CNC(=O)CCCc2nc(-c3cccs3)no2)C1. The van der Waals surface area contributed by atoms with Gasteiger partial charge in [-0.3, -0.25) is 9.69 Å². The van der Waals surface area contributed by atoms with Gasteiger partial charge in [0.05, 0.1) is 4.88 Å². The Morgan fingerprint density at radius 1 is 1.26 bits per heavy atom. The van der Waals surface area contributed by atoms with Crippen LogP contribution < -0.4 is 5.32 Å². The summed E-state index contributed by atoms with van der Waals surface area (Å²) in [5, 5.41) is 9.08. The molecule has 0 aliphatic carbocycles. The highest BCUT2D eigenvalue weighted by Crippen LogP contribution is 2.22. The Morgan fingerprint density at radius 3 is 2.94 bits per heavy atom. The number of hydrogen-bond donors (Lipinski definition) is 1. The average molecular weight is 439 g/mol. The molecule has 1 aliphatic rings. The van der Waals surface area contributed by atoms with Crippen LogP contribution in [-0.2, 0) is 24.3 Å². The number of nitrogens with zero attached hydrogens (tertiary/aromatic N) is 3. The van der Waals surface area contributed by atoms with E-state index in [0.29, 0.717) is 37.5 Å². The van der Waals surface area contributed by atoms with E-state index < -0.39 is 0 Å². The van der Waals surface area contributed by atoms with Gasteiger partial charge in [-0.25, -0.2) is 0 Å². The summed E-state index contributed by atoms with van der Waals surface area (Å²) < 4.78 is 5.30. The fraction of sp³-hybridized carbons (Fsp3) is 0.458. The summed E-state index contributed by atoms with van der Waals surface area (Å²) >= 11 is 1.58. The molecule has 1 amide bonds. The van der Waals surface area contributed by atoms with E-state index in [1.54, 1.807) is 11.3 Å². The van der Waals surface area contributed by atoms with Crippen molar-refractivity contribution in [3.63, 3.8) is 0 Å². The highest BCUT2D eigenvalue weighted by molar-refractivity contribution is 7.13. The molecule has 1 atom stereocenters. The van der Waals surface area contributed by atoms with Crippen LogP contribution in [0.5, 0.6) is 0 Å². The molecule has 0 spiro atoms. The van der Waals surface area contributed by atoms with E-state index in [9.17, 15) is 4.79 Å². The summed E-state index contributed by atoms with van der Waals surface area (Å²) in [6, 6.07) is 12.4. The fourth-order valence-electron chi connectivity index (χ4n) is 4.10. The Labute approximate surface area is 187 Å². The second-order valence-electron chi connectivity index (χ2n) is 8.37. The first kappa shape index (κ1) is 21.7. The lowest BCUT2D eigenvalue weighted by atomic mass is 9.99. The molecule has 0 radical (unpaired) electrons. The van der Waals surface area contributed by atoms with Crippen LogP contribution >= 0.6 is 11.3 Å². The molecule has 3 aromatic rings. The molecule has 0 bridgehead atoms. The van der Waals surface area contributed by atoms with Crippen LogP contribution in [0.3, 0.4) is 0 Å². The van der Waals surface area contributed by atoms with E-state index in [1.165, 1.54) is 24.0 Å². The molecule has 1 aromatic carbocycles. The van der Waals surface area contributed by atoms with E-state index in [2.05, 4.69) is 45.5 Å². The van der Waals surface area contributed by atoms with Gasteiger partial charge in [-0.15, -0.1) is 11.3 Å². The van der Waals surface area contributed by atoms with Crippen molar-refractivity contribution in [3.8, 4) is 10.7 Å². The van der Waals surface area contributed by atoms with Crippen molar-refractivity contribution in [2.24, 2.45) is 5.92 Å². The van der Waals surface area contributed by atoms with Crippen molar-refractivity contribution >= 4 is 17.2 Å². The zero-order chi connectivity index (χ0) is 21.5. The van der Waals surface area contributed by atoms with Crippen molar-refractivity contribution in [2.45, 2.75) is 52.1 Å². The van der Waals surface area contributed by atoms with Crippen LogP contribution in [0.2, 0.25) is 0 Å². The van der Waals surface area contributed by atoms with Gasteiger partial charge in [0.15, 0.2) is 0 Å². The summed E-state index contributed by atoms with van der Waals surface area (Å²) in [5.41, 5.74) is 2.51. The quantitative estimate of drug-likeness (QED) is 0.526. The zero-order valence-electron chi connectivity index (χ0n) is 18.0. The van der Waals surface area contributed by atoms with Crippen molar-refractivity contribution in [1.29, 1.82) is 0 Å². The molecule has 2 aromatic heterocycles. The van der Waals surface area contributed by atoms with Crippen molar-refractivity contribution in [3.05, 3.63) is 58.8 Å². The van der Waals surface area contributed by atoms with E-state index in [-0.39, 0.29) is 5.91 Å². The second-order valence-corrected chi connectivity index (χ2v) is 9.32. The molecule has 6 nitrogen and oxygen atoms in total. The number of piperidine rings is 1. The normalized spacial score (nSPS) is 17.0. The topological polar surface area (TPSA) is 71.3 Å². The van der Waals surface area contributed by atoms with Gasteiger partial charge in [-0.05, 0) is 54.3 Å². The maximum atomic E-state index is 12.4. The minimum Gasteiger partial charge on any atom is -0.352 e. The Bertz CT molecular complexity index is 970. The van der Waals surface area contributed by atoms with Crippen molar-refractivity contribution in [1.82, 2.24) is 20.4 Å². The minimum atomic E-state index is 0.0550. The molecule has 1 saturated heterocycles. The number of carbonyl (C=O) groups is 1. The number of thiophene rings is 1. The lowest BCUT2D eigenvalue weighted by molar-refractivity contribution is -0.121. The van der Waals surface area contributed by atoms with E-state index in [0.717, 1.165) is 30.4 Å². The average Bonchev–Trinajstić information content (AvgIpc) is 3.45. The molecule has 1 N–H and O–H groups in total. The Kier molecular flexibility index (Phi) is 7.48. The predicted octanol–water partition coefficient (Wildman–Crippen LogP) is 4.67. The van der Waals surface area contributed by atoms with E-state index in [4.69, 9.17) is 4.52 Å². The third-order valence-electron chi connectivity index (χ3n) is 5.73. The number of carbonyl (C=O) groups excluding carboxylic acids is 1. The summed E-state index contributed by atoms with van der Waals surface area (Å²) in [4.78, 5) is 20.3. The molecular weight excluding hydrogens is 408 g/mol. The summed E-state index contributed by atoms with van der Waals surface area (Å²) in [6.07, 6.45) is 4.34. The van der Waals surface area contributed by atoms with Gasteiger partial charge in [0.25, 0.3) is 0 Å². The number of hydrogen-bond acceptors (Lipinski definition) is 6. The molecule has 4 rings (SSSR count). The molecule has 7 heteroatoms. The molecule has 1 unspecified atom stereocenters. The maximum absolute atomic E-state index is 12.4. The summed E-state index contributed by atoms with van der Waals surface area (Å²) in [7, 11) is 0. The molecule has 1 aliphatic heterocycles. The molecule has 164 valence electrons. The van der Waals surface area contributed by atoms with Crippen LogP contribution in [0.1, 0.15) is 49.6 Å². The third kappa shape index (κ3) is 6.24. The van der Waals surface area contributed by atoms with Crippen LogP contribution in [-0.4, -0.2) is 34.0 Å². The van der Waals surface area contributed by atoms with Crippen LogP contribution in [0.15, 0.2) is 46.3 Å². The number of nitrogens with one attached hydrogen (secondary N) is 1. The highest BCUT2D eigenvalue weighted by atomic mass is 32.1. The first-order valence-electron chi connectivity index (χ1n) is 11.1. The van der Waals surface area contributed by atoms with Gasteiger partial charge in [0.1, 0.15) is 0 Å². The second kappa shape index (κ2) is 10.7. The highest BCUT2D eigenvalue weighted by Gasteiger charge is 2.17. The molecule has 31 heavy (non-hydrogen) atoms. The van der Waals surface area contributed by atoms with Gasteiger partial charge in [-0.1, -0.05) is 42.4 Å². The Morgan fingerprint density at radius 2 is 2.13 bits per heavy atom. The molecule has 3 heterocycles. The summed E-state index contributed by atoms with van der Waals surface area (Å²) in [5.74, 6) is 2.02. The number of likely N-dealkylation sites (tertiary alicyclic amines) is 1. The lowest BCUT2D eigenvalue weighted by Crippen LogP contribution is -2.34. The first-order valence-corrected chi connectivity index (χ1v) is 12.0. The van der Waals surface area contributed by atoms with Crippen LogP contribution in [0.4, 0.5) is 0 Å². The number of aryl methyl sites for hydroxylation is 1. The molecule has 0 saturated carbocycles. The van der Waals surface area contributed by atoms with Gasteiger partial charge >= 0.3 is 0 Å². The van der Waals surface area contributed by atoms with Crippen LogP contribution in [0, 0.1) is 5.92 Å². The Hall–Kier alpha value is -2.51. The number of benzene rings is 1. The minimum absolute atomic E-state index is 0.0550. The van der Waals surface area contributed by atoms with Gasteiger partial charge in [-0.2, -0.15) is 4.98 Å². The van der Waals surface area contributed by atoms with E-state index in [1.807, 2.05) is 23.6 Å². The van der Waals surface area contributed by atoms with Gasteiger partial charge < -0.3 is 9.84 Å². The third-order valence-corrected chi connectivity index (χ3v) is 6.60. The number of rotatable bonds is 9.